The number of benzene rings is 3. The van der Waals surface area contributed by atoms with Crippen molar-refractivity contribution in [3.63, 3.8) is 0 Å². The molecule has 3 aromatic carbocycles. The Morgan fingerprint density at radius 1 is 1.16 bits per heavy atom. The van der Waals surface area contributed by atoms with Crippen molar-refractivity contribution in [3.05, 3.63) is 104 Å². The van der Waals surface area contributed by atoms with E-state index >= 15 is 0 Å². The Labute approximate surface area is 248 Å². The second kappa shape index (κ2) is 12.1. The van der Waals surface area contributed by atoms with Crippen LogP contribution >= 0.6 is 59.4 Å². The molecule has 0 aliphatic heterocycles. The molecule has 196 valence electrons. The Hall–Kier alpha value is -2.60. The van der Waals surface area contributed by atoms with Crippen LogP contribution in [-0.4, -0.2) is 20.8 Å². The normalized spacial score (nSPS) is 12.3. The lowest BCUT2D eigenvalue weighted by atomic mass is 10.1. The van der Waals surface area contributed by atoms with Crippen molar-refractivity contribution in [2.75, 3.05) is 0 Å². The van der Waals surface area contributed by atoms with Crippen LogP contribution in [0.5, 0.6) is 5.75 Å². The van der Waals surface area contributed by atoms with Gasteiger partial charge in [0.25, 0.3) is 5.56 Å². The number of nitro benzene ring substituents is 1. The standard InChI is InChI=1S/C26H20Br3ClN4O4/c1-3-14(2)25-32-22-7-6-17(27)9-20(22)26(35)33(25)31-12-16-8-19(30)11-23(34(36)37)24(16)38-13-15-4-5-18(28)10-21(15)29/h4-12,14H,3,13H2,1-2H3/t14-/m1/s1. The van der Waals surface area contributed by atoms with E-state index < -0.39 is 4.92 Å². The molecule has 0 saturated carbocycles. The maximum absolute atomic E-state index is 13.5. The van der Waals surface area contributed by atoms with Gasteiger partial charge in [0.15, 0.2) is 0 Å². The number of rotatable bonds is 8. The molecule has 12 heteroatoms. The highest BCUT2D eigenvalue weighted by molar-refractivity contribution is 9.11. The molecule has 0 unspecified atom stereocenters. The lowest BCUT2D eigenvalue weighted by molar-refractivity contribution is -0.385. The summed E-state index contributed by atoms with van der Waals surface area (Å²) in [5.74, 6) is 0.376. The van der Waals surface area contributed by atoms with Gasteiger partial charge in [-0.25, -0.2) is 4.98 Å². The molecule has 0 spiro atoms. The minimum absolute atomic E-state index is 0.0207. The van der Waals surface area contributed by atoms with Crippen molar-refractivity contribution in [1.29, 1.82) is 0 Å². The van der Waals surface area contributed by atoms with E-state index in [1.165, 1.54) is 23.0 Å². The van der Waals surface area contributed by atoms with Crippen LogP contribution < -0.4 is 10.3 Å². The molecular formula is C26H20Br3ClN4O4. The maximum Gasteiger partial charge on any atom is 0.313 e. The van der Waals surface area contributed by atoms with E-state index in [1.807, 2.05) is 38.1 Å². The second-order valence-corrected chi connectivity index (χ2v) is 11.5. The molecule has 1 atom stereocenters. The Morgan fingerprint density at radius 3 is 2.55 bits per heavy atom. The third-order valence-corrected chi connectivity index (χ3v) is 7.79. The number of halogens is 4. The number of hydrogen-bond donors (Lipinski definition) is 0. The number of aromatic nitrogens is 2. The van der Waals surface area contributed by atoms with Crippen LogP contribution in [0.1, 0.15) is 43.1 Å². The molecule has 1 heterocycles. The van der Waals surface area contributed by atoms with Gasteiger partial charge in [-0.1, -0.05) is 79.3 Å². The molecule has 0 radical (unpaired) electrons. The van der Waals surface area contributed by atoms with Gasteiger partial charge in [0, 0.05) is 41.6 Å². The van der Waals surface area contributed by atoms with Crippen molar-refractivity contribution in [2.45, 2.75) is 32.8 Å². The molecular weight excluding hydrogens is 707 g/mol. The molecule has 0 fully saturated rings. The fourth-order valence-corrected chi connectivity index (χ4v) is 5.42. The SMILES string of the molecule is CC[C@@H](C)c1nc2ccc(Br)cc2c(=O)n1N=Cc1cc(Cl)cc([N+](=O)[O-])c1OCc1ccc(Br)cc1Br. The van der Waals surface area contributed by atoms with Crippen molar-refractivity contribution in [3.8, 4) is 5.75 Å². The lowest BCUT2D eigenvalue weighted by Crippen LogP contribution is -2.23. The summed E-state index contributed by atoms with van der Waals surface area (Å²) in [6.45, 7) is 3.98. The summed E-state index contributed by atoms with van der Waals surface area (Å²) < 4.78 is 9.56. The fraction of sp³-hybridized carbons (Fsp3) is 0.192. The summed E-state index contributed by atoms with van der Waals surface area (Å²) >= 11 is 16.5. The van der Waals surface area contributed by atoms with Gasteiger partial charge in [0.1, 0.15) is 12.4 Å². The molecule has 4 aromatic rings. The van der Waals surface area contributed by atoms with Gasteiger partial charge >= 0.3 is 5.69 Å². The first kappa shape index (κ1) is 28.4. The molecule has 38 heavy (non-hydrogen) atoms. The van der Waals surface area contributed by atoms with E-state index in [0.29, 0.717) is 16.7 Å². The maximum atomic E-state index is 13.5. The van der Waals surface area contributed by atoms with Crippen LogP contribution in [0.25, 0.3) is 10.9 Å². The van der Waals surface area contributed by atoms with Gasteiger partial charge < -0.3 is 4.74 Å². The van der Waals surface area contributed by atoms with Crippen molar-refractivity contribution in [2.24, 2.45) is 5.10 Å². The van der Waals surface area contributed by atoms with Gasteiger partial charge in [0.2, 0.25) is 5.75 Å². The molecule has 0 amide bonds. The Morgan fingerprint density at radius 2 is 1.87 bits per heavy atom. The highest BCUT2D eigenvalue weighted by atomic mass is 79.9. The molecule has 8 nitrogen and oxygen atoms in total. The minimum atomic E-state index is -0.568. The van der Waals surface area contributed by atoms with Gasteiger partial charge in [-0.05, 0) is 42.8 Å². The van der Waals surface area contributed by atoms with Crippen molar-refractivity contribution in [1.82, 2.24) is 9.66 Å². The highest BCUT2D eigenvalue weighted by Gasteiger charge is 2.22. The van der Waals surface area contributed by atoms with Crippen molar-refractivity contribution >= 4 is 82.2 Å². The van der Waals surface area contributed by atoms with E-state index in [1.54, 1.807) is 12.1 Å². The molecule has 0 aliphatic carbocycles. The summed E-state index contributed by atoms with van der Waals surface area (Å²) in [5, 5.41) is 16.8. The van der Waals surface area contributed by atoms with Gasteiger partial charge in [-0.15, -0.1) is 0 Å². The van der Waals surface area contributed by atoms with Crippen LogP contribution in [0.4, 0.5) is 5.69 Å². The number of fused-ring (bicyclic) bond motifs is 1. The Balaban J connectivity index is 1.84. The first-order valence-corrected chi connectivity index (χ1v) is 14.2. The van der Waals surface area contributed by atoms with Gasteiger partial charge in [-0.3, -0.25) is 14.9 Å². The molecule has 0 saturated heterocycles. The molecule has 0 N–H and O–H groups in total. The predicted molar refractivity (Wildman–Crippen MR) is 160 cm³/mol. The van der Waals surface area contributed by atoms with Gasteiger partial charge in [-0.2, -0.15) is 9.78 Å². The minimum Gasteiger partial charge on any atom is -0.481 e. The van der Waals surface area contributed by atoms with Crippen molar-refractivity contribution < 1.29 is 9.66 Å². The van der Waals surface area contributed by atoms with Crippen LogP contribution in [0.15, 0.2) is 71.8 Å². The number of nitrogens with zero attached hydrogens (tertiary/aromatic N) is 4. The van der Waals surface area contributed by atoms with Crippen LogP contribution in [0, 0.1) is 10.1 Å². The largest absolute Gasteiger partial charge is 0.481 e. The molecule has 0 aliphatic rings. The van der Waals surface area contributed by atoms with Crippen LogP contribution in [-0.2, 0) is 6.61 Å². The highest BCUT2D eigenvalue weighted by Crippen LogP contribution is 2.35. The number of ether oxygens (including phenoxy) is 1. The number of nitro groups is 1. The van der Waals surface area contributed by atoms with E-state index in [9.17, 15) is 14.9 Å². The third kappa shape index (κ3) is 6.17. The molecule has 4 rings (SSSR count). The molecule has 1 aromatic heterocycles. The van der Waals surface area contributed by atoms with Crippen LogP contribution in [0.3, 0.4) is 0 Å². The van der Waals surface area contributed by atoms with E-state index in [2.05, 4.69) is 52.9 Å². The van der Waals surface area contributed by atoms with Gasteiger partial charge in [0.05, 0.1) is 22.0 Å². The summed E-state index contributed by atoms with van der Waals surface area (Å²) in [6, 6.07) is 13.5. The zero-order valence-electron chi connectivity index (χ0n) is 20.1. The zero-order chi connectivity index (χ0) is 27.6. The number of hydrogen-bond acceptors (Lipinski definition) is 6. The van der Waals surface area contributed by atoms with E-state index in [4.69, 9.17) is 21.3 Å². The summed E-state index contributed by atoms with van der Waals surface area (Å²) in [4.78, 5) is 29.5. The average molecular weight is 728 g/mol. The third-order valence-electron chi connectivity index (χ3n) is 5.85. The Kier molecular flexibility index (Phi) is 9.02. The van der Waals surface area contributed by atoms with Crippen LogP contribution in [0.2, 0.25) is 5.02 Å². The van der Waals surface area contributed by atoms with E-state index in [-0.39, 0.29) is 40.1 Å². The zero-order valence-corrected chi connectivity index (χ0v) is 25.6. The Bertz CT molecular complexity index is 1640. The first-order chi connectivity index (χ1) is 18.1. The fourth-order valence-electron chi connectivity index (χ4n) is 3.68. The monoisotopic (exact) mass is 724 g/mol. The molecule has 0 bridgehead atoms. The lowest BCUT2D eigenvalue weighted by Gasteiger charge is -2.14. The topological polar surface area (TPSA) is 99.6 Å². The quantitative estimate of drug-likeness (QED) is 0.104. The first-order valence-electron chi connectivity index (χ1n) is 11.4. The summed E-state index contributed by atoms with van der Waals surface area (Å²) in [5.41, 5.74) is 0.902. The smallest absolute Gasteiger partial charge is 0.313 e. The summed E-state index contributed by atoms with van der Waals surface area (Å²) in [6.07, 6.45) is 2.06. The summed E-state index contributed by atoms with van der Waals surface area (Å²) in [7, 11) is 0. The predicted octanol–water partition coefficient (Wildman–Crippen LogP) is 8.22. The van der Waals surface area contributed by atoms with E-state index in [0.717, 1.165) is 25.4 Å². The second-order valence-electron chi connectivity index (χ2n) is 8.43. The average Bonchev–Trinajstić information content (AvgIpc) is 2.87.